The number of Topliss-reactive ketones (excluding diaryl/α,β-unsaturated/α-hetero) is 1. The zero-order chi connectivity index (χ0) is 28.4. The van der Waals surface area contributed by atoms with E-state index in [-0.39, 0.29) is 49.2 Å². The molecule has 0 saturated carbocycles. The number of benzene rings is 3. The molecule has 0 saturated heterocycles. The van der Waals surface area contributed by atoms with Gasteiger partial charge in [-0.3, -0.25) is 9.59 Å². The smallest absolute Gasteiger partial charge is 0.416 e. The summed E-state index contributed by atoms with van der Waals surface area (Å²) in [4.78, 5) is 24.8. The van der Waals surface area contributed by atoms with Crippen molar-refractivity contribution in [3.63, 3.8) is 0 Å². The van der Waals surface area contributed by atoms with Crippen LogP contribution in [0.2, 0.25) is 0 Å². The molecule has 1 aliphatic carbocycles. The van der Waals surface area contributed by atoms with Crippen LogP contribution < -0.4 is 10.2 Å². The van der Waals surface area contributed by atoms with E-state index in [1.54, 1.807) is 42.5 Å². The van der Waals surface area contributed by atoms with Gasteiger partial charge in [0.25, 0.3) is 5.91 Å². The van der Waals surface area contributed by atoms with Crippen LogP contribution >= 0.6 is 28.5 Å². The highest BCUT2D eigenvalue weighted by atomic mass is 127. The van der Waals surface area contributed by atoms with Crippen molar-refractivity contribution in [2.24, 2.45) is 5.92 Å². The number of hydrogen-bond acceptors (Lipinski definition) is 4. The summed E-state index contributed by atoms with van der Waals surface area (Å²) in [6.07, 6.45) is -10.0. The fraction of sp³-hybridized carbons (Fsp3) is 0.231. The van der Waals surface area contributed by atoms with Crippen molar-refractivity contribution in [3.05, 3.63) is 99.6 Å². The molecule has 206 valence electrons. The molecule has 5 nitrogen and oxygen atoms in total. The van der Waals surface area contributed by atoms with Gasteiger partial charge in [0, 0.05) is 17.0 Å². The molecule has 2 atom stereocenters. The van der Waals surface area contributed by atoms with Gasteiger partial charge in [-0.25, -0.2) is 10.1 Å². The SMILES string of the molecule is O=C(NOPI)c1ccc(COc2ccc3c(c2)CC(Cc2cc(C(F)(F)F)cc(C(F)(F)F)c2)C3=O)cc1. The first-order valence-corrected chi connectivity index (χ1v) is 15.4. The molecule has 4 rings (SSSR count). The van der Waals surface area contributed by atoms with Crippen LogP contribution in [0.15, 0.2) is 60.7 Å². The number of ether oxygens (including phenoxy) is 1. The van der Waals surface area contributed by atoms with Crippen molar-refractivity contribution in [2.75, 3.05) is 0 Å². The van der Waals surface area contributed by atoms with Crippen molar-refractivity contribution < 1.29 is 45.3 Å². The molecule has 2 unspecified atom stereocenters. The molecule has 0 radical (unpaired) electrons. The van der Waals surface area contributed by atoms with Gasteiger partial charge >= 0.3 is 12.4 Å². The van der Waals surface area contributed by atoms with Crippen molar-refractivity contribution in [1.29, 1.82) is 0 Å². The second kappa shape index (κ2) is 11.8. The van der Waals surface area contributed by atoms with Crippen LogP contribution in [0.4, 0.5) is 26.3 Å². The maximum atomic E-state index is 13.2. The number of rotatable bonds is 8. The maximum absolute atomic E-state index is 13.2. The highest BCUT2D eigenvalue weighted by Crippen LogP contribution is 2.38. The lowest BCUT2D eigenvalue weighted by Crippen LogP contribution is -2.19. The van der Waals surface area contributed by atoms with Crippen molar-refractivity contribution in [2.45, 2.75) is 31.8 Å². The number of amides is 1. The first kappa shape index (κ1) is 29.3. The van der Waals surface area contributed by atoms with Crippen LogP contribution in [0, 0.1) is 5.92 Å². The molecule has 1 amide bonds. The van der Waals surface area contributed by atoms with Crippen LogP contribution in [0.1, 0.15) is 48.5 Å². The molecule has 0 aromatic heterocycles. The third-order valence-corrected chi connectivity index (χ3v) is 6.95. The number of alkyl halides is 6. The van der Waals surface area contributed by atoms with E-state index in [4.69, 9.17) is 9.36 Å². The van der Waals surface area contributed by atoms with Crippen molar-refractivity contribution in [1.82, 2.24) is 5.48 Å². The summed E-state index contributed by atoms with van der Waals surface area (Å²) >= 11 is 1.97. The van der Waals surface area contributed by atoms with E-state index in [1.165, 1.54) is 0 Å². The molecule has 0 bridgehead atoms. The fourth-order valence-corrected chi connectivity index (χ4v) is 4.74. The number of hydrogen-bond donors (Lipinski definition) is 1. The summed E-state index contributed by atoms with van der Waals surface area (Å²) in [7, 11) is 0. The molecule has 0 fully saturated rings. The largest absolute Gasteiger partial charge is 0.489 e. The molecule has 13 heteroatoms. The van der Waals surface area contributed by atoms with Gasteiger partial charge in [-0.05, 0) is 100 Å². The Kier molecular flexibility index (Phi) is 8.87. The van der Waals surface area contributed by atoms with Gasteiger partial charge in [-0.15, -0.1) is 0 Å². The Labute approximate surface area is 233 Å². The number of halogens is 7. The summed E-state index contributed by atoms with van der Waals surface area (Å²) in [6.45, 7) is 0.239. The quantitative estimate of drug-likeness (QED) is 0.116. The number of carbonyl (C=O) groups excluding carboxylic acids is 2. The van der Waals surface area contributed by atoms with Crippen LogP contribution in [-0.2, 0) is 36.4 Å². The van der Waals surface area contributed by atoms with Gasteiger partial charge in [-0.2, -0.15) is 26.3 Å². The molecular weight excluding hydrogens is 662 g/mol. The Bertz CT molecular complexity index is 1350. The molecule has 39 heavy (non-hydrogen) atoms. The first-order chi connectivity index (χ1) is 18.3. The van der Waals surface area contributed by atoms with Gasteiger partial charge in [0.15, 0.2) is 5.78 Å². The molecule has 0 heterocycles. The van der Waals surface area contributed by atoms with Gasteiger partial charge in [0.1, 0.15) is 18.8 Å². The van der Waals surface area contributed by atoms with Crippen LogP contribution in [0.25, 0.3) is 0 Å². The normalized spacial score (nSPS) is 15.6. The highest BCUT2D eigenvalue weighted by Gasteiger charge is 2.38. The second-order valence-corrected chi connectivity index (χ2v) is 10.5. The summed E-state index contributed by atoms with van der Waals surface area (Å²) < 4.78 is 89.9. The van der Waals surface area contributed by atoms with E-state index in [1.807, 2.05) is 22.0 Å². The minimum absolute atomic E-state index is 0.0709. The molecule has 3 aromatic rings. The van der Waals surface area contributed by atoms with Gasteiger partial charge < -0.3 is 4.74 Å². The standard InChI is InChI=1S/C26H19F6INO4P/c27-25(28,29)19-8-15(9-20(12-19)26(30,31)32)7-18-10-17-11-21(5-6-22(17)23(18)35)37-13-14-1-3-16(4-2-14)24(36)34-38-39-33/h1-6,8-9,11-12,18,39H,7,10,13H2,(H,34,36). The Hall–Kier alpha value is -2.70. The molecule has 0 spiro atoms. The predicted molar refractivity (Wildman–Crippen MR) is 140 cm³/mol. The molecular formula is C26H19F6INO4P. The molecule has 1 N–H and O–H groups in total. The van der Waals surface area contributed by atoms with Crippen molar-refractivity contribution in [3.8, 4) is 5.75 Å². The second-order valence-electron chi connectivity index (χ2n) is 8.80. The Morgan fingerprint density at radius 1 is 0.923 bits per heavy atom. The Balaban J connectivity index is 1.43. The minimum Gasteiger partial charge on any atom is -0.489 e. The number of hydroxylamine groups is 1. The summed E-state index contributed by atoms with van der Waals surface area (Å²) in [6, 6.07) is 12.8. The van der Waals surface area contributed by atoms with E-state index in [2.05, 4.69) is 5.48 Å². The molecule has 0 aliphatic heterocycles. The lowest BCUT2D eigenvalue weighted by molar-refractivity contribution is -0.143. The summed E-state index contributed by atoms with van der Waals surface area (Å²) in [5.74, 6) is -1.08. The van der Waals surface area contributed by atoms with Crippen molar-refractivity contribution >= 4 is 40.2 Å². The number of fused-ring (bicyclic) bond motifs is 1. The lowest BCUT2D eigenvalue weighted by atomic mass is 9.93. The van der Waals surface area contributed by atoms with Gasteiger partial charge in [0.05, 0.1) is 11.1 Å². The zero-order valence-electron chi connectivity index (χ0n) is 19.8. The molecule has 3 aromatic carbocycles. The van der Waals surface area contributed by atoms with E-state index < -0.39 is 29.4 Å². The number of ketones is 1. The topological polar surface area (TPSA) is 64.6 Å². The Morgan fingerprint density at radius 3 is 2.15 bits per heavy atom. The average Bonchev–Trinajstić information content (AvgIpc) is 3.19. The number of nitrogens with one attached hydrogen (secondary N) is 1. The van der Waals surface area contributed by atoms with Crippen LogP contribution in [0.5, 0.6) is 5.75 Å². The summed E-state index contributed by atoms with van der Waals surface area (Å²) in [5.41, 5.74) is 1.41. The van der Waals surface area contributed by atoms with Gasteiger partial charge in [-0.1, -0.05) is 12.1 Å². The van der Waals surface area contributed by atoms with E-state index >= 15 is 0 Å². The molecule has 1 aliphatic rings. The average molecular weight is 681 g/mol. The fourth-order valence-electron chi connectivity index (χ4n) is 4.28. The summed E-state index contributed by atoms with van der Waals surface area (Å²) in [5, 5.41) is 0. The van der Waals surface area contributed by atoms with Crippen LogP contribution in [-0.4, -0.2) is 11.7 Å². The third-order valence-electron chi connectivity index (χ3n) is 6.11. The predicted octanol–water partition coefficient (Wildman–Crippen LogP) is 7.51. The van der Waals surface area contributed by atoms with Crippen LogP contribution in [0.3, 0.4) is 0 Å². The highest BCUT2D eigenvalue weighted by molar-refractivity contribution is 14.2. The number of carbonyl (C=O) groups is 2. The Morgan fingerprint density at radius 2 is 1.56 bits per heavy atom. The third kappa shape index (κ3) is 7.29. The van der Waals surface area contributed by atoms with E-state index in [0.29, 0.717) is 34.6 Å². The lowest BCUT2D eigenvalue weighted by Gasteiger charge is -2.15. The maximum Gasteiger partial charge on any atom is 0.416 e. The van der Waals surface area contributed by atoms with E-state index in [9.17, 15) is 35.9 Å². The first-order valence-electron chi connectivity index (χ1n) is 11.3. The van der Waals surface area contributed by atoms with E-state index in [0.717, 1.165) is 5.56 Å². The zero-order valence-corrected chi connectivity index (χ0v) is 22.9. The minimum atomic E-state index is -4.96. The van der Waals surface area contributed by atoms with Gasteiger partial charge in [0.2, 0.25) is 0 Å². The monoisotopic (exact) mass is 681 g/mol.